The van der Waals surface area contributed by atoms with Crippen LogP contribution in [0.3, 0.4) is 0 Å². The molecular formula is C12H14N2S. The van der Waals surface area contributed by atoms with E-state index in [2.05, 4.69) is 23.5 Å². The van der Waals surface area contributed by atoms with Crippen LogP contribution in [-0.4, -0.2) is 6.04 Å². The monoisotopic (exact) mass is 218 g/mol. The van der Waals surface area contributed by atoms with Gasteiger partial charge in [-0.05, 0) is 36.4 Å². The molecule has 0 aliphatic heterocycles. The Morgan fingerprint density at radius 1 is 1.33 bits per heavy atom. The molecule has 0 bridgehead atoms. The number of hydrogen-bond donors (Lipinski definition) is 2. The minimum Gasteiger partial charge on any atom is -0.399 e. The molecular weight excluding hydrogens is 204 g/mol. The molecule has 2 aromatic rings. The lowest BCUT2D eigenvalue weighted by molar-refractivity contribution is 0.695. The molecule has 1 aromatic heterocycles. The number of rotatable bonds is 3. The summed E-state index contributed by atoms with van der Waals surface area (Å²) in [5, 5.41) is 4.83. The lowest BCUT2D eigenvalue weighted by Crippen LogP contribution is -2.14. The van der Waals surface area contributed by atoms with E-state index < -0.39 is 0 Å². The first-order chi connectivity index (χ1) is 7.31. The highest BCUT2D eigenvalue weighted by molar-refractivity contribution is 7.19. The van der Waals surface area contributed by atoms with Crippen LogP contribution < -0.4 is 11.1 Å². The van der Waals surface area contributed by atoms with Gasteiger partial charge in [-0.2, -0.15) is 0 Å². The van der Waals surface area contributed by atoms with Gasteiger partial charge in [0, 0.05) is 27.9 Å². The second-order valence-electron chi connectivity index (χ2n) is 4.17. The molecule has 1 fully saturated rings. The molecule has 1 aliphatic carbocycles. The maximum atomic E-state index is 5.76. The molecule has 78 valence electrons. The Kier molecular flexibility index (Phi) is 2.15. The highest BCUT2D eigenvalue weighted by atomic mass is 32.1. The van der Waals surface area contributed by atoms with E-state index in [9.17, 15) is 0 Å². The van der Waals surface area contributed by atoms with Gasteiger partial charge in [0.15, 0.2) is 0 Å². The Morgan fingerprint density at radius 3 is 3.00 bits per heavy atom. The summed E-state index contributed by atoms with van der Waals surface area (Å²) in [6.45, 7) is 1.00. The van der Waals surface area contributed by atoms with Crippen LogP contribution in [0.25, 0.3) is 10.1 Å². The molecule has 0 unspecified atom stereocenters. The zero-order chi connectivity index (χ0) is 10.3. The summed E-state index contributed by atoms with van der Waals surface area (Å²) >= 11 is 1.84. The average Bonchev–Trinajstić information content (AvgIpc) is 2.95. The maximum Gasteiger partial charge on any atom is 0.0366 e. The van der Waals surface area contributed by atoms with Crippen molar-refractivity contribution in [1.82, 2.24) is 5.32 Å². The van der Waals surface area contributed by atoms with Crippen LogP contribution in [0, 0.1) is 0 Å². The van der Waals surface area contributed by atoms with Gasteiger partial charge in [0.25, 0.3) is 0 Å². The van der Waals surface area contributed by atoms with Crippen molar-refractivity contribution in [3.05, 3.63) is 29.1 Å². The zero-order valence-electron chi connectivity index (χ0n) is 8.49. The van der Waals surface area contributed by atoms with E-state index in [0.29, 0.717) is 0 Å². The van der Waals surface area contributed by atoms with Crippen LogP contribution in [0.15, 0.2) is 24.3 Å². The van der Waals surface area contributed by atoms with E-state index in [0.717, 1.165) is 18.3 Å². The Bertz CT molecular complexity index is 485. The quantitative estimate of drug-likeness (QED) is 0.777. The molecule has 0 radical (unpaired) electrons. The van der Waals surface area contributed by atoms with Gasteiger partial charge in [-0.3, -0.25) is 0 Å². The number of thiophene rings is 1. The van der Waals surface area contributed by atoms with Crippen LogP contribution in [-0.2, 0) is 6.54 Å². The standard InChI is InChI=1S/C12H14N2S/c13-9-2-1-8-5-11(15-12(8)6-9)7-14-10-3-4-10/h1-2,5-6,10,14H,3-4,7,13H2. The van der Waals surface area contributed by atoms with Crippen LogP contribution in [0.2, 0.25) is 0 Å². The van der Waals surface area contributed by atoms with Crippen molar-refractivity contribution in [2.45, 2.75) is 25.4 Å². The number of anilines is 1. The van der Waals surface area contributed by atoms with E-state index in [-0.39, 0.29) is 0 Å². The highest BCUT2D eigenvalue weighted by Crippen LogP contribution is 2.28. The fourth-order valence-electron chi connectivity index (χ4n) is 1.72. The number of fused-ring (bicyclic) bond motifs is 1. The van der Waals surface area contributed by atoms with E-state index in [4.69, 9.17) is 5.73 Å². The van der Waals surface area contributed by atoms with Crippen LogP contribution in [0.5, 0.6) is 0 Å². The number of nitrogen functional groups attached to an aromatic ring is 1. The van der Waals surface area contributed by atoms with Gasteiger partial charge in [-0.25, -0.2) is 0 Å². The van der Waals surface area contributed by atoms with Gasteiger partial charge in [0.1, 0.15) is 0 Å². The Hall–Kier alpha value is -1.06. The predicted molar refractivity (Wildman–Crippen MR) is 66.1 cm³/mol. The first-order valence-corrected chi connectivity index (χ1v) is 6.14. The third kappa shape index (κ3) is 1.98. The van der Waals surface area contributed by atoms with Crippen molar-refractivity contribution in [3.63, 3.8) is 0 Å². The molecule has 0 spiro atoms. The summed E-state index contributed by atoms with van der Waals surface area (Å²) in [7, 11) is 0. The topological polar surface area (TPSA) is 38.0 Å². The van der Waals surface area contributed by atoms with Gasteiger partial charge in [0.2, 0.25) is 0 Å². The largest absolute Gasteiger partial charge is 0.399 e. The fraction of sp³-hybridized carbons (Fsp3) is 0.333. The summed E-state index contributed by atoms with van der Waals surface area (Å²) in [6.07, 6.45) is 2.69. The molecule has 3 heteroatoms. The first-order valence-electron chi connectivity index (χ1n) is 5.32. The molecule has 0 atom stereocenters. The summed E-state index contributed by atoms with van der Waals surface area (Å²) in [6, 6.07) is 9.16. The minimum absolute atomic E-state index is 0.778. The number of nitrogens with one attached hydrogen (secondary N) is 1. The normalized spacial score (nSPS) is 16.0. The van der Waals surface area contributed by atoms with Crippen molar-refractivity contribution in [2.75, 3.05) is 5.73 Å². The second-order valence-corrected chi connectivity index (χ2v) is 5.33. The summed E-state index contributed by atoms with van der Waals surface area (Å²) in [4.78, 5) is 1.41. The Morgan fingerprint density at radius 2 is 2.20 bits per heavy atom. The first kappa shape index (κ1) is 9.19. The smallest absolute Gasteiger partial charge is 0.0366 e. The molecule has 0 saturated heterocycles. The predicted octanol–water partition coefficient (Wildman–Crippen LogP) is 2.74. The van der Waals surface area contributed by atoms with Gasteiger partial charge >= 0.3 is 0 Å². The molecule has 3 rings (SSSR count). The van der Waals surface area contributed by atoms with E-state index >= 15 is 0 Å². The molecule has 1 saturated carbocycles. The minimum atomic E-state index is 0.778. The van der Waals surface area contributed by atoms with E-state index in [1.807, 2.05) is 17.4 Å². The lowest BCUT2D eigenvalue weighted by atomic mass is 10.2. The lowest BCUT2D eigenvalue weighted by Gasteiger charge is -1.97. The van der Waals surface area contributed by atoms with Gasteiger partial charge in [-0.15, -0.1) is 11.3 Å². The second kappa shape index (κ2) is 3.51. The fourth-order valence-corrected chi connectivity index (χ4v) is 2.79. The Labute approximate surface area is 93.1 Å². The van der Waals surface area contributed by atoms with Crippen molar-refractivity contribution >= 4 is 27.1 Å². The zero-order valence-corrected chi connectivity index (χ0v) is 9.31. The highest BCUT2D eigenvalue weighted by Gasteiger charge is 2.20. The molecule has 0 amide bonds. The van der Waals surface area contributed by atoms with E-state index in [1.54, 1.807) is 0 Å². The summed E-state index contributed by atoms with van der Waals surface area (Å²) < 4.78 is 1.29. The van der Waals surface area contributed by atoms with Crippen LogP contribution >= 0.6 is 11.3 Å². The molecule has 2 nitrogen and oxygen atoms in total. The third-order valence-corrected chi connectivity index (χ3v) is 3.84. The van der Waals surface area contributed by atoms with Crippen molar-refractivity contribution < 1.29 is 0 Å². The third-order valence-electron chi connectivity index (χ3n) is 2.74. The summed E-state index contributed by atoms with van der Waals surface area (Å²) in [5.74, 6) is 0. The molecule has 1 aliphatic rings. The molecule has 1 aromatic carbocycles. The average molecular weight is 218 g/mol. The van der Waals surface area contributed by atoms with Crippen molar-refractivity contribution in [1.29, 1.82) is 0 Å². The maximum absolute atomic E-state index is 5.76. The van der Waals surface area contributed by atoms with Crippen LogP contribution in [0.4, 0.5) is 5.69 Å². The van der Waals surface area contributed by atoms with Gasteiger partial charge in [0.05, 0.1) is 0 Å². The number of hydrogen-bond acceptors (Lipinski definition) is 3. The SMILES string of the molecule is Nc1ccc2cc(CNC3CC3)sc2c1. The van der Waals surface area contributed by atoms with E-state index in [1.165, 1.54) is 27.8 Å². The molecule has 3 N–H and O–H groups in total. The van der Waals surface area contributed by atoms with Gasteiger partial charge < -0.3 is 11.1 Å². The summed E-state index contributed by atoms with van der Waals surface area (Å²) in [5.41, 5.74) is 6.61. The van der Waals surface area contributed by atoms with Crippen LogP contribution in [0.1, 0.15) is 17.7 Å². The molecule has 15 heavy (non-hydrogen) atoms. The molecule has 1 heterocycles. The Balaban J connectivity index is 1.84. The van der Waals surface area contributed by atoms with Gasteiger partial charge in [-0.1, -0.05) is 6.07 Å². The number of nitrogens with two attached hydrogens (primary N) is 1. The number of benzene rings is 1. The van der Waals surface area contributed by atoms with Crippen molar-refractivity contribution in [3.8, 4) is 0 Å². The van der Waals surface area contributed by atoms with Crippen molar-refractivity contribution in [2.24, 2.45) is 0 Å².